The van der Waals surface area contributed by atoms with Crippen LogP contribution < -0.4 is 10.2 Å². The number of carbonyl (C=O) groups is 5. The average Bonchev–Trinajstić information content (AvgIpc) is 3.34. The van der Waals surface area contributed by atoms with E-state index >= 15 is 0 Å². The molecule has 2 amide bonds. The highest BCUT2D eigenvalue weighted by Gasteiger charge is 2.36. The van der Waals surface area contributed by atoms with Gasteiger partial charge in [-0.25, -0.2) is 9.59 Å². The Morgan fingerprint density at radius 3 is 2.15 bits per heavy atom. The Balaban J connectivity index is 1.44. The van der Waals surface area contributed by atoms with Crippen molar-refractivity contribution in [3.8, 4) is 0 Å². The third-order valence-corrected chi connectivity index (χ3v) is 6.15. The van der Waals surface area contributed by atoms with E-state index in [4.69, 9.17) is 14.2 Å². The third-order valence-electron chi connectivity index (χ3n) is 6.15. The Bertz CT molecular complexity index is 1190. The number of amides is 2. The van der Waals surface area contributed by atoms with E-state index in [0.29, 0.717) is 35.7 Å². The fourth-order valence-corrected chi connectivity index (χ4v) is 3.96. The number of hydrogen-bond acceptors (Lipinski definition) is 8. The summed E-state index contributed by atoms with van der Waals surface area (Å²) in [5.41, 5.74) is 1.72. The SMILES string of the molecule is CCCCCOC(=O)c1ccc(N2C[C@H](C(=O)OCC(=O)Nc3ccc(C(=O)OCC(C)C)cc3)CC2=O)cc1. The van der Waals surface area contributed by atoms with Gasteiger partial charge in [-0.15, -0.1) is 0 Å². The van der Waals surface area contributed by atoms with E-state index in [1.54, 1.807) is 36.4 Å². The quantitative estimate of drug-likeness (QED) is 0.220. The molecule has 0 unspecified atom stereocenters. The van der Waals surface area contributed by atoms with Crippen molar-refractivity contribution >= 4 is 41.1 Å². The molecule has 1 saturated heterocycles. The summed E-state index contributed by atoms with van der Waals surface area (Å²) in [5.74, 6) is -2.83. The maximum Gasteiger partial charge on any atom is 0.338 e. The van der Waals surface area contributed by atoms with Crippen molar-refractivity contribution < 1.29 is 38.2 Å². The van der Waals surface area contributed by atoms with Crippen molar-refractivity contribution in [2.24, 2.45) is 11.8 Å². The van der Waals surface area contributed by atoms with Crippen LogP contribution in [0.3, 0.4) is 0 Å². The van der Waals surface area contributed by atoms with Crippen LogP contribution in [0.1, 0.15) is 67.2 Å². The first-order valence-corrected chi connectivity index (χ1v) is 13.5. The van der Waals surface area contributed by atoms with Gasteiger partial charge < -0.3 is 24.4 Å². The van der Waals surface area contributed by atoms with Crippen LogP contribution in [0.15, 0.2) is 48.5 Å². The van der Waals surface area contributed by atoms with E-state index in [9.17, 15) is 24.0 Å². The minimum absolute atomic E-state index is 0.0456. The second kappa shape index (κ2) is 14.8. The molecule has 10 nitrogen and oxygen atoms in total. The standard InChI is InChI=1S/C30H36N2O8/c1-4-5-6-15-38-28(35)22-9-13-25(14-10-22)32-17-23(16-27(32)34)30(37)40-19-26(33)31-24-11-7-21(8-12-24)29(36)39-18-20(2)3/h7-14,20,23H,4-6,15-19H2,1-3H3,(H,31,33)/t23-/m1/s1. The molecule has 2 aromatic rings. The fraction of sp³-hybridized carbons (Fsp3) is 0.433. The molecular formula is C30H36N2O8. The number of esters is 3. The Morgan fingerprint density at radius 2 is 1.52 bits per heavy atom. The Labute approximate surface area is 234 Å². The van der Waals surface area contributed by atoms with Gasteiger partial charge in [0.2, 0.25) is 5.91 Å². The molecule has 1 N–H and O–H groups in total. The van der Waals surface area contributed by atoms with E-state index < -0.39 is 36.3 Å². The first kappa shape index (κ1) is 30.3. The van der Waals surface area contributed by atoms with Gasteiger partial charge in [-0.2, -0.15) is 0 Å². The number of unbranched alkanes of at least 4 members (excludes halogenated alkanes) is 2. The molecule has 1 aliphatic rings. The van der Waals surface area contributed by atoms with Crippen LogP contribution in [0.5, 0.6) is 0 Å². The fourth-order valence-electron chi connectivity index (χ4n) is 3.96. The smallest absolute Gasteiger partial charge is 0.338 e. The van der Waals surface area contributed by atoms with Gasteiger partial charge in [-0.3, -0.25) is 14.4 Å². The zero-order valence-electron chi connectivity index (χ0n) is 23.1. The Kier molecular flexibility index (Phi) is 11.2. The predicted octanol–water partition coefficient (Wildman–Crippen LogP) is 4.38. The van der Waals surface area contributed by atoms with Crippen LogP contribution >= 0.6 is 0 Å². The van der Waals surface area contributed by atoms with E-state index in [1.807, 2.05) is 13.8 Å². The second-order valence-corrected chi connectivity index (χ2v) is 10.0. The van der Waals surface area contributed by atoms with Crippen molar-refractivity contribution in [1.82, 2.24) is 0 Å². The summed E-state index contributed by atoms with van der Waals surface area (Å²) >= 11 is 0. The summed E-state index contributed by atoms with van der Waals surface area (Å²) in [5, 5.41) is 2.60. The topological polar surface area (TPSA) is 128 Å². The van der Waals surface area contributed by atoms with Crippen LogP contribution in [0.2, 0.25) is 0 Å². The lowest BCUT2D eigenvalue weighted by Gasteiger charge is -2.17. The van der Waals surface area contributed by atoms with Gasteiger partial charge in [0.05, 0.1) is 30.3 Å². The molecule has 0 saturated carbocycles. The molecule has 1 atom stereocenters. The first-order chi connectivity index (χ1) is 19.2. The number of carbonyl (C=O) groups excluding carboxylic acids is 5. The molecule has 0 radical (unpaired) electrons. The number of ether oxygens (including phenoxy) is 3. The lowest BCUT2D eigenvalue weighted by atomic mass is 10.1. The summed E-state index contributed by atoms with van der Waals surface area (Å²) < 4.78 is 15.6. The summed E-state index contributed by atoms with van der Waals surface area (Å²) in [6.07, 6.45) is 2.79. The lowest BCUT2D eigenvalue weighted by molar-refractivity contribution is -0.151. The highest BCUT2D eigenvalue weighted by Crippen LogP contribution is 2.26. The molecule has 0 spiro atoms. The average molecular weight is 553 g/mol. The van der Waals surface area contributed by atoms with Gasteiger partial charge >= 0.3 is 17.9 Å². The summed E-state index contributed by atoms with van der Waals surface area (Å²) in [7, 11) is 0. The van der Waals surface area contributed by atoms with Crippen molar-refractivity contribution in [1.29, 1.82) is 0 Å². The molecule has 0 aliphatic carbocycles. The van der Waals surface area contributed by atoms with Crippen LogP contribution in [-0.2, 0) is 28.6 Å². The van der Waals surface area contributed by atoms with Crippen molar-refractivity contribution in [3.05, 3.63) is 59.7 Å². The number of rotatable bonds is 13. The Morgan fingerprint density at radius 1 is 0.900 bits per heavy atom. The maximum atomic E-state index is 12.6. The highest BCUT2D eigenvalue weighted by molar-refractivity contribution is 6.00. The number of nitrogens with zero attached hydrogens (tertiary/aromatic N) is 1. The molecule has 3 rings (SSSR count). The zero-order chi connectivity index (χ0) is 29.1. The third kappa shape index (κ3) is 8.93. The summed E-state index contributed by atoms with van der Waals surface area (Å²) in [6, 6.07) is 12.6. The van der Waals surface area contributed by atoms with E-state index in [0.717, 1.165) is 19.3 Å². The largest absolute Gasteiger partial charge is 0.462 e. The molecule has 0 bridgehead atoms. The van der Waals surface area contributed by atoms with Crippen LogP contribution in [0, 0.1) is 11.8 Å². The molecule has 214 valence electrons. The molecule has 2 aromatic carbocycles. The highest BCUT2D eigenvalue weighted by atomic mass is 16.5. The second-order valence-electron chi connectivity index (χ2n) is 10.0. The number of anilines is 2. The van der Waals surface area contributed by atoms with Crippen LogP contribution in [-0.4, -0.2) is 56.1 Å². The van der Waals surface area contributed by atoms with Gasteiger partial charge in [-0.1, -0.05) is 33.6 Å². The van der Waals surface area contributed by atoms with Gasteiger partial charge in [0.15, 0.2) is 6.61 Å². The van der Waals surface area contributed by atoms with E-state index in [-0.39, 0.29) is 24.8 Å². The summed E-state index contributed by atoms with van der Waals surface area (Å²) in [4.78, 5) is 63.0. The molecule has 40 heavy (non-hydrogen) atoms. The van der Waals surface area contributed by atoms with Crippen molar-refractivity contribution in [2.75, 3.05) is 36.6 Å². The normalized spacial score (nSPS) is 14.7. The Hall–Kier alpha value is -4.21. The minimum atomic E-state index is -0.723. The number of benzene rings is 2. The number of hydrogen-bond donors (Lipinski definition) is 1. The first-order valence-electron chi connectivity index (χ1n) is 13.5. The van der Waals surface area contributed by atoms with Crippen molar-refractivity contribution in [3.63, 3.8) is 0 Å². The monoisotopic (exact) mass is 552 g/mol. The predicted molar refractivity (Wildman–Crippen MR) is 148 cm³/mol. The minimum Gasteiger partial charge on any atom is -0.462 e. The lowest BCUT2D eigenvalue weighted by Crippen LogP contribution is -2.28. The molecule has 10 heteroatoms. The van der Waals surface area contributed by atoms with Gasteiger partial charge in [0.25, 0.3) is 5.91 Å². The van der Waals surface area contributed by atoms with Crippen molar-refractivity contribution in [2.45, 2.75) is 46.5 Å². The number of nitrogens with one attached hydrogen (secondary N) is 1. The van der Waals surface area contributed by atoms with Gasteiger partial charge in [-0.05, 0) is 60.9 Å². The maximum absolute atomic E-state index is 12.6. The molecular weight excluding hydrogens is 516 g/mol. The zero-order valence-corrected chi connectivity index (χ0v) is 23.1. The van der Waals surface area contributed by atoms with E-state index in [2.05, 4.69) is 12.2 Å². The van der Waals surface area contributed by atoms with Gasteiger partial charge in [0.1, 0.15) is 0 Å². The van der Waals surface area contributed by atoms with Crippen LogP contribution in [0.25, 0.3) is 0 Å². The molecule has 1 heterocycles. The van der Waals surface area contributed by atoms with Gasteiger partial charge in [0, 0.05) is 24.3 Å². The molecule has 1 fully saturated rings. The summed E-state index contributed by atoms with van der Waals surface area (Å²) in [6.45, 7) is 6.21. The molecule has 1 aliphatic heterocycles. The molecule has 0 aromatic heterocycles. The van der Waals surface area contributed by atoms with Crippen LogP contribution in [0.4, 0.5) is 11.4 Å². The van der Waals surface area contributed by atoms with E-state index in [1.165, 1.54) is 17.0 Å².